The highest BCUT2D eigenvalue weighted by Crippen LogP contribution is 2.19. The molecule has 6 heteroatoms. The van der Waals surface area contributed by atoms with Crippen LogP contribution in [0.15, 0.2) is 36.4 Å². The molecule has 120 valence electrons. The van der Waals surface area contributed by atoms with Gasteiger partial charge in [0, 0.05) is 28.8 Å². The summed E-state index contributed by atoms with van der Waals surface area (Å²) in [6, 6.07) is 11.7. The van der Waals surface area contributed by atoms with Crippen molar-refractivity contribution in [1.82, 2.24) is 10.3 Å². The van der Waals surface area contributed by atoms with Crippen molar-refractivity contribution in [3.05, 3.63) is 51.2 Å². The zero-order valence-electron chi connectivity index (χ0n) is 12.7. The number of aromatic nitrogens is 1. The number of carbonyl (C=O) groups excluding carboxylic acids is 1. The van der Waals surface area contributed by atoms with Gasteiger partial charge < -0.3 is 16.0 Å². The van der Waals surface area contributed by atoms with Gasteiger partial charge in [0.25, 0.3) is 0 Å². The average molecular weight is 422 g/mol. The topological polar surface area (TPSA) is 66.0 Å². The first-order valence-corrected chi connectivity index (χ1v) is 8.82. The molecule has 23 heavy (non-hydrogen) atoms. The third-order valence-corrected chi connectivity index (χ3v) is 4.68. The number of para-hydroxylation sites is 1. The predicted molar refractivity (Wildman–Crippen MR) is 101 cm³/mol. The van der Waals surface area contributed by atoms with Crippen molar-refractivity contribution < 1.29 is 4.79 Å². The maximum absolute atomic E-state index is 11.9. The van der Waals surface area contributed by atoms with Crippen molar-refractivity contribution in [1.29, 1.82) is 0 Å². The Morgan fingerprint density at radius 3 is 3.00 bits per heavy atom. The molecule has 0 bridgehead atoms. The van der Waals surface area contributed by atoms with Crippen LogP contribution >= 0.6 is 22.6 Å². The summed E-state index contributed by atoms with van der Waals surface area (Å²) in [5.41, 5.74) is 3.10. The summed E-state index contributed by atoms with van der Waals surface area (Å²) >= 11 is 2.20. The Labute approximate surface area is 149 Å². The van der Waals surface area contributed by atoms with Gasteiger partial charge in [-0.25, -0.2) is 9.78 Å². The minimum Gasteiger partial charge on any atom is -0.370 e. The Morgan fingerprint density at radius 2 is 2.13 bits per heavy atom. The largest absolute Gasteiger partial charge is 0.370 e. The minimum absolute atomic E-state index is 0.190. The third-order valence-electron chi connectivity index (χ3n) is 3.74. The summed E-state index contributed by atoms with van der Waals surface area (Å²) in [4.78, 5) is 16.6. The fraction of sp³-hybridized carbons (Fsp3) is 0.294. The number of nitrogens with zero attached hydrogens (tertiary/aromatic N) is 1. The number of fused-ring (bicyclic) bond motifs is 1. The van der Waals surface area contributed by atoms with E-state index in [0.29, 0.717) is 13.0 Å². The fourth-order valence-corrected chi connectivity index (χ4v) is 3.06. The van der Waals surface area contributed by atoms with Gasteiger partial charge in [-0.05, 0) is 59.2 Å². The van der Waals surface area contributed by atoms with E-state index >= 15 is 0 Å². The number of rotatable bonds is 4. The van der Waals surface area contributed by atoms with Crippen LogP contribution in [-0.4, -0.2) is 24.1 Å². The van der Waals surface area contributed by atoms with Crippen molar-refractivity contribution in [2.45, 2.75) is 19.3 Å². The molecule has 0 unspecified atom stereocenters. The normalized spacial score (nSPS) is 12.9. The number of hydrogen-bond donors (Lipinski definition) is 3. The first-order valence-electron chi connectivity index (χ1n) is 7.74. The molecular formula is C17H19IN4O. The van der Waals surface area contributed by atoms with Crippen molar-refractivity contribution in [2.75, 3.05) is 23.7 Å². The van der Waals surface area contributed by atoms with Crippen LogP contribution < -0.4 is 16.0 Å². The van der Waals surface area contributed by atoms with Gasteiger partial charge >= 0.3 is 6.03 Å². The monoisotopic (exact) mass is 422 g/mol. The molecule has 0 saturated heterocycles. The molecule has 1 aliphatic rings. The molecule has 5 nitrogen and oxygen atoms in total. The van der Waals surface area contributed by atoms with E-state index in [0.717, 1.165) is 40.2 Å². The highest BCUT2D eigenvalue weighted by atomic mass is 127. The van der Waals surface area contributed by atoms with Crippen molar-refractivity contribution in [3.63, 3.8) is 0 Å². The second kappa shape index (κ2) is 7.63. The summed E-state index contributed by atoms with van der Waals surface area (Å²) in [6.07, 6.45) is 2.97. The number of benzene rings is 1. The molecule has 0 spiro atoms. The number of amides is 2. The summed E-state index contributed by atoms with van der Waals surface area (Å²) in [5.74, 6) is 0.997. The van der Waals surface area contributed by atoms with Crippen LogP contribution in [0.3, 0.4) is 0 Å². The lowest BCUT2D eigenvalue weighted by atomic mass is 10.1. The number of halogens is 1. The van der Waals surface area contributed by atoms with Crippen LogP contribution in [0.25, 0.3) is 0 Å². The first kappa shape index (κ1) is 16.0. The number of pyridine rings is 1. The van der Waals surface area contributed by atoms with E-state index < -0.39 is 0 Å². The smallest absolute Gasteiger partial charge is 0.319 e. The standard InChI is InChI=1S/C17H19IN4O/c18-14-5-1-2-6-15(14)22-17(23)20-11-9-13-8-7-12-4-3-10-19-16(12)21-13/h1-2,5-8H,3-4,9-11H2,(H,19,21)(H2,20,22,23). The lowest BCUT2D eigenvalue weighted by molar-refractivity contribution is 0.252. The van der Waals surface area contributed by atoms with Crippen LogP contribution in [0.2, 0.25) is 0 Å². The van der Waals surface area contributed by atoms with Crippen LogP contribution in [0.5, 0.6) is 0 Å². The zero-order chi connectivity index (χ0) is 16.1. The Bertz CT molecular complexity index is 705. The minimum atomic E-state index is -0.190. The molecule has 1 aromatic heterocycles. The first-order chi connectivity index (χ1) is 11.2. The van der Waals surface area contributed by atoms with Crippen LogP contribution in [0, 0.1) is 3.57 Å². The van der Waals surface area contributed by atoms with Gasteiger partial charge in [-0.1, -0.05) is 18.2 Å². The lowest BCUT2D eigenvalue weighted by Crippen LogP contribution is -2.30. The van der Waals surface area contributed by atoms with Gasteiger partial charge in [0.1, 0.15) is 5.82 Å². The Balaban J connectivity index is 1.49. The number of hydrogen-bond acceptors (Lipinski definition) is 3. The molecule has 1 aromatic carbocycles. The predicted octanol–water partition coefficient (Wildman–Crippen LogP) is 3.41. The molecule has 0 atom stereocenters. The summed E-state index contributed by atoms with van der Waals surface area (Å²) in [7, 11) is 0. The van der Waals surface area contributed by atoms with Crippen molar-refractivity contribution in [2.24, 2.45) is 0 Å². The second-order valence-corrected chi connectivity index (χ2v) is 6.61. The van der Waals surface area contributed by atoms with Crippen LogP contribution in [-0.2, 0) is 12.8 Å². The average Bonchev–Trinajstić information content (AvgIpc) is 2.57. The molecule has 2 amide bonds. The van der Waals surface area contributed by atoms with E-state index in [9.17, 15) is 4.79 Å². The number of aryl methyl sites for hydroxylation is 1. The van der Waals surface area contributed by atoms with E-state index in [-0.39, 0.29) is 6.03 Å². The maximum Gasteiger partial charge on any atom is 0.319 e. The summed E-state index contributed by atoms with van der Waals surface area (Å²) < 4.78 is 1.02. The number of nitrogens with one attached hydrogen (secondary N) is 3. The fourth-order valence-electron chi connectivity index (χ4n) is 2.54. The molecule has 0 radical (unpaired) electrons. The van der Waals surface area contributed by atoms with E-state index in [4.69, 9.17) is 0 Å². The summed E-state index contributed by atoms with van der Waals surface area (Å²) in [6.45, 7) is 1.54. The molecule has 1 aliphatic heterocycles. The Kier molecular flexibility index (Phi) is 5.32. The molecule has 3 N–H and O–H groups in total. The van der Waals surface area contributed by atoms with E-state index in [1.54, 1.807) is 0 Å². The van der Waals surface area contributed by atoms with Crippen LogP contribution in [0.1, 0.15) is 17.7 Å². The molecule has 0 aliphatic carbocycles. The van der Waals surface area contributed by atoms with Gasteiger partial charge in [0.2, 0.25) is 0 Å². The highest BCUT2D eigenvalue weighted by Gasteiger charge is 2.10. The second-order valence-electron chi connectivity index (χ2n) is 5.45. The van der Waals surface area contributed by atoms with E-state index in [2.05, 4.69) is 49.6 Å². The Morgan fingerprint density at radius 1 is 1.26 bits per heavy atom. The molecule has 2 aromatic rings. The van der Waals surface area contributed by atoms with Crippen molar-refractivity contribution >= 4 is 40.1 Å². The molecule has 0 saturated carbocycles. The lowest BCUT2D eigenvalue weighted by Gasteiger charge is -2.17. The third kappa shape index (κ3) is 4.34. The van der Waals surface area contributed by atoms with E-state index in [1.807, 2.05) is 30.3 Å². The number of carbonyl (C=O) groups is 1. The SMILES string of the molecule is O=C(NCCc1ccc2c(n1)NCCC2)Nc1ccccc1I. The van der Waals surface area contributed by atoms with Gasteiger partial charge in [-0.2, -0.15) is 0 Å². The molecule has 2 heterocycles. The molecular weight excluding hydrogens is 403 g/mol. The zero-order valence-corrected chi connectivity index (χ0v) is 14.9. The van der Waals surface area contributed by atoms with Gasteiger partial charge in [-0.15, -0.1) is 0 Å². The van der Waals surface area contributed by atoms with Gasteiger partial charge in [0.15, 0.2) is 0 Å². The highest BCUT2D eigenvalue weighted by molar-refractivity contribution is 14.1. The van der Waals surface area contributed by atoms with Crippen LogP contribution in [0.4, 0.5) is 16.3 Å². The van der Waals surface area contributed by atoms with Gasteiger partial charge in [0.05, 0.1) is 5.69 Å². The number of urea groups is 1. The molecule has 0 fully saturated rings. The van der Waals surface area contributed by atoms with Crippen molar-refractivity contribution in [3.8, 4) is 0 Å². The van der Waals surface area contributed by atoms with E-state index in [1.165, 1.54) is 5.56 Å². The summed E-state index contributed by atoms with van der Waals surface area (Å²) in [5, 5.41) is 9.06. The van der Waals surface area contributed by atoms with Gasteiger partial charge in [-0.3, -0.25) is 0 Å². The number of anilines is 2. The maximum atomic E-state index is 11.9. The molecule has 3 rings (SSSR count). The Hall–Kier alpha value is -1.83. The quantitative estimate of drug-likeness (QED) is 0.662.